The van der Waals surface area contributed by atoms with Gasteiger partial charge in [-0.05, 0) is 24.3 Å². The largest absolute Gasteiger partial charge is 0.493 e. The fourth-order valence-electron chi connectivity index (χ4n) is 2.21. The molecule has 2 rings (SSSR count). The SMILES string of the molecule is COCc1ccccc1NC(N)=NCCSCCOc1cccc(Br)c1.I. The molecule has 0 fully saturated rings. The van der Waals surface area contributed by atoms with Gasteiger partial charge in [0.05, 0.1) is 19.8 Å². The fraction of sp³-hybridized carbons (Fsp3) is 0.316. The number of nitrogens with two attached hydrogens (primary N) is 1. The minimum Gasteiger partial charge on any atom is -0.493 e. The molecule has 0 atom stereocenters. The van der Waals surface area contributed by atoms with Gasteiger partial charge in [-0.25, -0.2) is 0 Å². The smallest absolute Gasteiger partial charge is 0.193 e. The van der Waals surface area contributed by atoms with Crippen LogP contribution in [0.2, 0.25) is 0 Å². The zero-order valence-electron chi connectivity index (χ0n) is 15.2. The second-order valence-corrected chi connectivity index (χ2v) is 7.54. The maximum absolute atomic E-state index is 5.96. The molecule has 2 aromatic carbocycles. The normalized spacial score (nSPS) is 11.0. The number of rotatable bonds is 10. The summed E-state index contributed by atoms with van der Waals surface area (Å²) in [4.78, 5) is 4.36. The highest BCUT2D eigenvalue weighted by Gasteiger charge is 2.02. The van der Waals surface area contributed by atoms with Crippen LogP contribution in [0, 0.1) is 0 Å². The standard InChI is InChI=1S/C19H24BrN3O2S.HI/c1-24-14-15-5-2-3-8-18(15)23-19(21)22-9-11-26-12-10-25-17-7-4-6-16(20)13-17;/h2-8,13H,9-12,14H2,1H3,(H3,21,22,23);1H. The molecule has 148 valence electrons. The molecule has 0 heterocycles. The second kappa shape index (κ2) is 14.1. The number of ether oxygens (including phenoxy) is 2. The zero-order chi connectivity index (χ0) is 18.6. The Hall–Kier alpha value is -0.970. The molecule has 0 spiro atoms. The van der Waals surface area contributed by atoms with E-state index in [4.69, 9.17) is 15.2 Å². The Morgan fingerprint density at radius 2 is 2.00 bits per heavy atom. The Labute approximate surface area is 190 Å². The summed E-state index contributed by atoms with van der Waals surface area (Å²) in [7, 11) is 1.67. The van der Waals surface area contributed by atoms with E-state index in [1.165, 1.54) is 0 Å². The van der Waals surface area contributed by atoms with Crippen molar-refractivity contribution in [2.45, 2.75) is 6.61 Å². The first-order valence-electron chi connectivity index (χ1n) is 8.29. The van der Waals surface area contributed by atoms with Crippen LogP contribution in [-0.2, 0) is 11.3 Å². The molecule has 0 unspecified atom stereocenters. The van der Waals surface area contributed by atoms with Gasteiger partial charge in [0.25, 0.3) is 0 Å². The van der Waals surface area contributed by atoms with E-state index in [2.05, 4.69) is 26.2 Å². The van der Waals surface area contributed by atoms with Crippen molar-refractivity contribution in [1.82, 2.24) is 0 Å². The molecule has 0 aromatic heterocycles. The lowest BCUT2D eigenvalue weighted by Gasteiger charge is -2.10. The average molecular weight is 566 g/mol. The summed E-state index contributed by atoms with van der Waals surface area (Å²) in [6.07, 6.45) is 0. The van der Waals surface area contributed by atoms with Crippen molar-refractivity contribution in [2.24, 2.45) is 10.7 Å². The number of para-hydroxylation sites is 1. The number of aliphatic imine (C=N–C) groups is 1. The highest BCUT2D eigenvalue weighted by Crippen LogP contribution is 2.18. The summed E-state index contributed by atoms with van der Waals surface area (Å²) >= 11 is 5.22. The second-order valence-electron chi connectivity index (χ2n) is 5.40. The van der Waals surface area contributed by atoms with Gasteiger partial charge in [-0.1, -0.05) is 40.2 Å². The van der Waals surface area contributed by atoms with Crippen LogP contribution in [0.4, 0.5) is 5.69 Å². The number of nitrogens with one attached hydrogen (secondary N) is 1. The summed E-state index contributed by atoms with van der Waals surface area (Å²) in [5.74, 6) is 3.09. The van der Waals surface area contributed by atoms with Crippen LogP contribution < -0.4 is 15.8 Å². The van der Waals surface area contributed by atoms with E-state index in [1.54, 1.807) is 18.9 Å². The van der Waals surface area contributed by atoms with Gasteiger partial charge >= 0.3 is 0 Å². The van der Waals surface area contributed by atoms with E-state index in [9.17, 15) is 0 Å². The van der Waals surface area contributed by atoms with Gasteiger partial charge in [-0.15, -0.1) is 24.0 Å². The van der Waals surface area contributed by atoms with E-state index in [-0.39, 0.29) is 24.0 Å². The van der Waals surface area contributed by atoms with Crippen LogP contribution in [0.15, 0.2) is 58.0 Å². The third-order valence-corrected chi connectivity index (χ3v) is 4.81. The van der Waals surface area contributed by atoms with E-state index < -0.39 is 0 Å². The number of methoxy groups -OCH3 is 1. The van der Waals surface area contributed by atoms with Crippen LogP contribution >= 0.6 is 51.7 Å². The zero-order valence-corrected chi connectivity index (χ0v) is 19.9. The molecular weight excluding hydrogens is 541 g/mol. The van der Waals surface area contributed by atoms with Crippen LogP contribution in [0.5, 0.6) is 5.75 Å². The van der Waals surface area contributed by atoms with Crippen molar-refractivity contribution in [2.75, 3.05) is 37.1 Å². The fourth-order valence-corrected chi connectivity index (χ4v) is 3.21. The molecule has 0 radical (unpaired) electrons. The number of nitrogens with zero attached hydrogens (tertiary/aromatic N) is 1. The van der Waals surface area contributed by atoms with Crippen LogP contribution in [-0.4, -0.2) is 37.7 Å². The molecule has 8 heteroatoms. The average Bonchev–Trinajstić information content (AvgIpc) is 2.63. The summed E-state index contributed by atoms with van der Waals surface area (Å²) in [6, 6.07) is 15.7. The summed E-state index contributed by atoms with van der Waals surface area (Å²) in [5, 5.41) is 3.13. The molecule has 3 N–H and O–H groups in total. The number of anilines is 1. The van der Waals surface area contributed by atoms with Crippen molar-refractivity contribution in [1.29, 1.82) is 0 Å². The van der Waals surface area contributed by atoms with Gasteiger partial charge in [0.15, 0.2) is 5.96 Å². The van der Waals surface area contributed by atoms with Gasteiger partial charge in [0.1, 0.15) is 5.75 Å². The molecule has 0 aliphatic rings. The maximum Gasteiger partial charge on any atom is 0.193 e. The van der Waals surface area contributed by atoms with Gasteiger partial charge < -0.3 is 20.5 Å². The number of hydrogen-bond donors (Lipinski definition) is 2. The Morgan fingerprint density at radius 1 is 1.19 bits per heavy atom. The Balaban J connectivity index is 0.00000364. The molecule has 0 amide bonds. The quantitative estimate of drug-likeness (QED) is 0.188. The molecular formula is C19H25BrIN3O2S. The van der Waals surface area contributed by atoms with Crippen molar-refractivity contribution in [3.63, 3.8) is 0 Å². The number of hydrogen-bond acceptors (Lipinski definition) is 4. The third kappa shape index (κ3) is 9.68. The number of halogens is 2. The van der Waals surface area contributed by atoms with Gasteiger partial charge in [-0.3, -0.25) is 4.99 Å². The first-order valence-corrected chi connectivity index (χ1v) is 10.2. The number of benzene rings is 2. The number of thioether (sulfide) groups is 1. The van der Waals surface area contributed by atoms with Crippen LogP contribution in [0.25, 0.3) is 0 Å². The van der Waals surface area contributed by atoms with E-state index in [0.29, 0.717) is 25.7 Å². The first-order chi connectivity index (χ1) is 12.7. The van der Waals surface area contributed by atoms with Crippen molar-refractivity contribution >= 4 is 63.3 Å². The van der Waals surface area contributed by atoms with Crippen molar-refractivity contribution in [3.05, 3.63) is 58.6 Å². The highest BCUT2D eigenvalue weighted by molar-refractivity contribution is 14.0. The maximum atomic E-state index is 5.96. The lowest BCUT2D eigenvalue weighted by atomic mass is 10.2. The predicted octanol–water partition coefficient (Wildman–Crippen LogP) is 4.75. The van der Waals surface area contributed by atoms with E-state index >= 15 is 0 Å². The Kier molecular flexibility index (Phi) is 12.6. The number of guanidine groups is 1. The van der Waals surface area contributed by atoms with Crippen LogP contribution in [0.3, 0.4) is 0 Å². The minimum absolute atomic E-state index is 0. The first kappa shape index (κ1) is 24.1. The molecule has 27 heavy (non-hydrogen) atoms. The third-order valence-electron chi connectivity index (χ3n) is 3.39. The molecule has 0 saturated carbocycles. The van der Waals surface area contributed by atoms with Gasteiger partial charge in [0, 0.05) is 34.3 Å². The lowest BCUT2D eigenvalue weighted by molar-refractivity contribution is 0.185. The van der Waals surface area contributed by atoms with Crippen LogP contribution in [0.1, 0.15) is 5.56 Å². The molecule has 0 aliphatic heterocycles. The molecule has 0 aliphatic carbocycles. The van der Waals surface area contributed by atoms with E-state index in [0.717, 1.165) is 33.0 Å². The predicted molar refractivity (Wildman–Crippen MR) is 130 cm³/mol. The monoisotopic (exact) mass is 565 g/mol. The van der Waals surface area contributed by atoms with E-state index in [1.807, 2.05) is 48.5 Å². The summed E-state index contributed by atoms with van der Waals surface area (Å²) in [6.45, 7) is 1.86. The summed E-state index contributed by atoms with van der Waals surface area (Å²) in [5.41, 5.74) is 7.93. The molecule has 0 bridgehead atoms. The lowest BCUT2D eigenvalue weighted by Crippen LogP contribution is -2.23. The Bertz CT molecular complexity index is 719. The Morgan fingerprint density at radius 3 is 2.78 bits per heavy atom. The summed E-state index contributed by atoms with van der Waals surface area (Å²) < 4.78 is 11.9. The minimum atomic E-state index is 0. The highest BCUT2D eigenvalue weighted by atomic mass is 127. The van der Waals surface area contributed by atoms with Crippen molar-refractivity contribution < 1.29 is 9.47 Å². The molecule has 0 saturated heterocycles. The molecule has 2 aromatic rings. The van der Waals surface area contributed by atoms with Gasteiger partial charge in [0.2, 0.25) is 0 Å². The van der Waals surface area contributed by atoms with Crippen molar-refractivity contribution in [3.8, 4) is 5.75 Å². The van der Waals surface area contributed by atoms with Gasteiger partial charge in [-0.2, -0.15) is 11.8 Å². The topological polar surface area (TPSA) is 68.9 Å². The molecule has 5 nitrogen and oxygen atoms in total.